The summed E-state index contributed by atoms with van der Waals surface area (Å²) in [6.45, 7) is 0.180. The number of halogens is 2. The number of aliphatic hydroxyl groups excluding tert-OH is 1. The van der Waals surface area contributed by atoms with E-state index in [2.05, 4.69) is 0 Å². The van der Waals surface area contributed by atoms with Crippen molar-refractivity contribution < 1.29 is 32.9 Å². The van der Waals surface area contributed by atoms with Crippen molar-refractivity contribution in [2.75, 3.05) is 19.8 Å². The normalized spacial score (nSPS) is 46.7. The summed E-state index contributed by atoms with van der Waals surface area (Å²) in [4.78, 5) is 12.6. The molecule has 1 spiro atoms. The fourth-order valence-corrected chi connectivity index (χ4v) is 5.59. The topological polar surface area (TPSA) is 65.0 Å². The molecule has 1 saturated heterocycles. The maximum absolute atomic E-state index is 13.0. The zero-order valence-corrected chi connectivity index (χ0v) is 13.8. The molecule has 4 saturated carbocycles. The number of esters is 1. The third kappa shape index (κ3) is 2.47. The Balaban J connectivity index is 1.53. The number of carbonyl (C=O) groups excluding carboxylic acids is 1. The number of alkyl halides is 2. The van der Waals surface area contributed by atoms with Crippen LogP contribution in [0.2, 0.25) is 0 Å². The Morgan fingerprint density at radius 2 is 1.96 bits per heavy atom. The summed E-state index contributed by atoms with van der Waals surface area (Å²) < 4.78 is 43.1. The van der Waals surface area contributed by atoms with Gasteiger partial charge < -0.3 is 19.3 Å². The molecule has 24 heavy (non-hydrogen) atoms. The lowest BCUT2D eigenvalue weighted by Crippen LogP contribution is -2.63. The van der Waals surface area contributed by atoms with Gasteiger partial charge >= 0.3 is 5.97 Å². The van der Waals surface area contributed by atoms with E-state index in [0.29, 0.717) is 31.8 Å². The van der Waals surface area contributed by atoms with Crippen LogP contribution in [0.25, 0.3) is 0 Å². The molecule has 3 unspecified atom stereocenters. The van der Waals surface area contributed by atoms with Gasteiger partial charge in [-0.15, -0.1) is 0 Å². The molecule has 4 aliphatic carbocycles. The van der Waals surface area contributed by atoms with Crippen molar-refractivity contribution in [2.24, 2.45) is 23.2 Å². The molecule has 1 N–H and O–H groups in total. The largest absolute Gasteiger partial charge is 0.459 e. The van der Waals surface area contributed by atoms with Gasteiger partial charge in [0.2, 0.25) is 0 Å². The molecule has 5 rings (SSSR count). The molecule has 5 fully saturated rings. The van der Waals surface area contributed by atoms with Crippen LogP contribution in [-0.4, -0.2) is 48.7 Å². The summed E-state index contributed by atoms with van der Waals surface area (Å²) >= 11 is 0. The molecule has 5 aliphatic rings. The Kier molecular flexibility index (Phi) is 3.72. The van der Waals surface area contributed by atoms with Crippen molar-refractivity contribution in [3.05, 3.63) is 0 Å². The van der Waals surface area contributed by atoms with Gasteiger partial charge in [-0.05, 0) is 38.0 Å². The minimum atomic E-state index is -3.01. The van der Waals surface area contributed by atoms with Crippen LogP contribution >= 0.6 is 0 Å². The molecule has 1 heterocycles. The van der Waals surface area contributed by atoms with Gasteiger partial charge in [0.05, 0.1) is 18.6 Å². The molecule has 7 heteroatoms. The van der Waals surface area contributed by atoms with Crippen LogP contribution in [0.5, 0.6) is 0 Å². The third-order valence-electron chi connectivity index (χ3n) is 6.27. The highest BCUT2D eigenvalue weighted by atomic mass is 19.3. The highest BCUT2D eigenvalue weighted by Gasteiger charge is 2.68. The Hall–Kier alpha value is -0.790. The Bertz CT molecular complexity index is 516. The van der Waals surface area contributed by atoms with Crippen LogP contribution < -0.4 is 0 Å². The zero-order chi connectivity index (χ0) is 17.2. The van der Waals surface area contributed by atoms with Crippen LogP contribution in [0.4, 0.5) is 8.78 Å². The number of hydrogen-bond acceptors (Lipinski definition) is 5. The lowest BCUT2D eigenvalue weighted by atomic mass is 9.47. The molecule has 4 bridgehead atoms. The fraction of sp³-hybridized carbons (Fsp3) is 0.941. The van der Waals surface area contributed by atoms with Crippen LogP contribution in [-0.2, 0) is 19.0 Å². The standard InChI is InChI=1S/C17H24F2O5/c1-15(18,19)9-22-14(21)16-4-10-2-11(5-16)17(12(3-10)6-16)23-8-13(7-20)24-17/h10-13,20H,2-9H2,1H3. The Morgan fingerprint density at radius 3 is 2.50 bits per heavy atom. The fourth-order valence-electron chi connectivity index (χ4n) is 5.59. The van der Waals surface area contributed by atoms with E-state index in [1.54, 1.807) is 0 Å². The third-order valence-corrected chi connectivity index (χ3v) is 6.27. The first-order valence-corrected chi connectivity index (χ1v) is 8.74. The van der Waals surface area contributed by atoms with E-state index in [4.69, 9.17) is 14.2 Å². The summed E-state index contributed by atoms with van der Waals surface area (Å²) in [5.41, 5.74) is -0.670. The summed E-state index contributed by atoms with van der Waals surface area (Å²) in [7, 11) is 0. The second kappa shape index (κ2) is 5.35. The second-order valence-corrected chi connectivity index (χ2v) is 8.23. The molecular weight excluding hydrogens is 322 g/mol. The SMILES string of the molecule is CC(F)(F)COC(=O)C12CC3CC(C1)C1(OCC(CO)O1)C(C3)C2. The lowest BCUT2D eigenvalue weighted by molar-refractivity contribution is -0.308. The van der Waals surface area contributed by atoms with Gasteiger partial charge in [0, 0.05) is 18.8 Å². The summed E-state index contributed by atoms with van der Waals surface area (Å²) in [6, 6.07) is 0. The minimum absolute atomic E-state index is 0.0648. The first-order chi connectivity index (χ1) is 11.3. The molecular formula is C17H24F2O5. The summed E-state index contributed by atoms with van der Waals surface area (Å²) in [5, 5.41) is 9.34. The van der Waals surface area contributed by atoms with Crippen LogP contribution in [0.3, 0.4) is 0 Å². The highest BCUT2D eigenvalue weighted by Crippen LogP contribution is 2.66. The maximum Gasteiger partial charge on any atom is 0.312 e. The van der Waals surface area contributed by atoms with Gasteiger partial charge in [0.15, 0.2) is 12.4 Å². The average molecular weight is 346 g/mol. The van der Waals surface area contributed by atoms with Crippen molar-refractivity contribution in [3.63, 3.8) is 0 Å². The lowest BCUT2D eigenvalue weighted by Gasteiger charge is -2.61. The van der Waals surface area contributed by atoms with E-state index in [0.717, 1.165) is 19.8 Å². The van der Waals surface area contributed by atoms with E-state index in [-0.39, 0.29) is 24.5 Å². The van der Waals surface area contributed by atoms with Gasteiger partial charge in [-0.25, -0.2) is 8.78 Å². The molecule has 0 aromatic rings. The monoisotopic (exact) mass is 346 g/mol. The molecule has 0 amide bonds. The predicted molar refractivity (Wildman–Crippen MR) is 78.2 cm³/mol. The smallest absolute Gasteiger partial charge is 0.312 e. The first-order valence-electron chi connectivity index (χ1n) is 8.74. The molecule has 0 radical (unpaired) electrons. The molecule has 0 aromatic carbocycles. The van der Waals surface area contributed by atoms with E-state index >= 15 is 0 Å². The van der Waals surface area contributed by atoms with Crippen LogP contribution in [0.15, 0.2) is 0 Å². The van der Waals surface area contributed by atoms with E-state index < -0.39 is 29.7 Å². The number of aliphatic hydroxyl groups is 1. The van der Waals surface area contributed by atoms with Crippen LogP contribution in [0.1, 0.15) is 39.0 Å². The first kappa shape index (κ1) is 16.7. The van der Waals surface area contributed by atoms with Crippen molar-refractivity contribution in [1.29, 1.82) is 0 Å². The summed E-state index contributed by atoms with van der Waals surface area (Å²) in [6.07, 6.45) is 3.37. The zero-order valence-electron chi connectivity index (χ0n) is 13.8. The molecule has 3 atom stereocenters. The van der Waals surface area contributed by atoms with E-state index in [9.17, 15) is 18.7 Å². The van der Waals surface area contributed by atoms with Gasteiger partial charge in [0.25, 0.3) is 5.92 Å². The van der Waals surface area contributed by atoms with Crippen LogP contribution in [0, 0.1) is 23.2 Å². The Morgan fingerprint density at radius 1 is 1.29 bits per heavy atom. The molecule has 1 aliphatic heterocycles. The average Bonchev–Trinajstić information content (AvgIpc) is 2.94. The minimum Gasteiger partial charge on any atom is -0.459 e. The quantitative estimate of drug-likeness (QED) is 0.790. The molecule has 5 nitrogen and oxygen atoms in total. The van der Waals surface area contributed by atoms with E-state index in [1.165, 1.54) is 0 Å². The highest BCUT2D eigenvalue weighted by molar-refractivity contribution is 5.77. The van der Waals surface area contributed by atoms with Crippen molar-refractivity contribution >= 4 is 5.97 Å². The van der Waals surface area contributed by atoms with Crippen molar-refractivity contribution in [2.45, 2.75) is 56.8 Å². The van der Waals surface area contributed by atoms with Crippen molar-refractivity contribution in [3.8, 4) is 0 Å². The number of rotatable bonds is 4. The van der Waals surface area contributed by atoms with Gasteiger partial charge in [-0.1, -0.05) is 0 Å². The Labute approximate surface area is 139 Å². The molecule has 136 valence electrons. The van der Waals surface area contributed by atoms with Gasteiger partial charge in [-0.3, -0.25) is 4.79 Å². The van der Waals surface area contributed by atoms with E-state index in [1.807, 2.05) is 0 Å². The van der Waals surface area contributed by atoms with Gasteiger partial charge in [-0.2, -0.15) is 0 Å². The van der Waals surface area contributed by atoms with Gasteiger partial charge in [0.1, 0.15) is 6.10 Å². The number of carbonyl (C=O) groups is 1. The number of hydrogen-bond donors (Lipinski definition) is 1. The predicted octanol–water partition coefficient (Wildman–Crippen LogP) is 2.12. The maximum atomic E-state index is 13.0. The second-order valence-electron chi connectivity index (χ2n) is 8.23. The molecule has 0 aromatic heterocycles. The van der Waals surface area contributed by atoms with Crippen molar-refractivity contribution in [1.82, 2.24) is 0 Å². The summed E-state index contributed by atoms with van der Waals surface area (Å²) in [5.74, 6) is -3.68. The number of ether oxygens (including phenoxy) is 3.